The number of carbonyl (C=O) groups is 1. The first-order valence-electron chi connectivity index (χ1n) is 8.81. The molecule has 0 radical (unpaired) electrons. The average molecular weight is 303 g/mol. The van der Waals surface area contributed by atoms with E-state index in [1.54, 1.807) is 12.1 Å². The van der Waals surface area contributed by atoms with Crippen LogP contribution in [0.15, 0.2) is 24.3 Å². The lowest BCUT2D eigenvalue weighted by molar-refractivity contribution is -0.130. The zero-order valence-corrected chi connectivity index (χ0v) is 13.6. The third-order valence-corrected chi connectivity index (χ3v) is 4.50. The van der Waals surface area contributed by atoms with Crippen molar-refractivity contribution in [2.24, 2.45) is 0 Å². The zero-order valence-electron chi connectivity index (χ0n) is 13.6. The minimum atomic E-state index is 0.340. The number of nitrogens with zero attached hydrogens (tertiary/aromatic N) is 1. The third kappa shape index (κ3) is 6.08. The summed E-state index contributed by atoms with van der Waals surface area (Å²) in [7, 11) is 0. The van der Waals surface area contributed by atoms with Gasteiger partial charge in [-0.15, -0.1) is 0 Å². The van der Waals surface area contributed by atoms with Crippen LogP contribution in [0.2, 0.25) is 0 Å². The molecule has 1 aromatic carbocycles. The van der Waals surface area contributed by atoms with Gasteiger partial charge in [0.05, 0.1) is 0 Å². The largest absolute Gasteiger partial charge is 0.508 e. The Morgan fingerprint density at radius 1 is 0.909 bits per heavy atom. The number of hydrogen-bond acceptors (Lipinski definition) is 2. The molecule has 0 spiro atoms. The maximum atomic E-state index is 11.9. The third-order valence-electron chi connectivity index (χ3n) is 4.50. The fourth-order valence-corrected chi connectivity index (χ4v) is 3.10. The van der Waals surface area contributed by atoms with Crippen LogP contribution in [0.25, 0.3) is 0 Å². The number of aromatic hydroxyl groups is 1. The molecule has 1 aliphatic heterocycles. The van der Waals surface area contributed by atoms with Gasteiger partial charge in [0, 0.05) is 19.5 Å². The van der Waals surface area contributed by atoms with Crippen LogP contribution in [-0.4, -0.2) is 29.0 Å². The molecule has 0 unspecified atom stereocenters. The van der Waals surface area contributed by atoms with Crippen molar-refractivity contribution in [3.8, 4) is 5.75 Å². The zero-order chi connectivity index (χ0) is 15.6. The number of benzene rings is 1. The van der Waals surface area contributed by atoms with E-state index < -0.39 is 0 Å². The smallest absolute Gasteiger partial charge is 0.222 e. The van der Waals surface area contributed by atoms with E-state index >= 15 is 0 Å². The summed E-state index contributed by atoms with van der Waals surface area (Å²) < 4.78 is 0. The van der Waals surface area contributed by atoms with Crippen molar-refractivity contribution >= 4 is 5.91 Å². The summed E-state index contributed by atoms with van der Waals surface area (Å²) in [6.07, 6.45) is 11.4. The molecule has 3 heteroatoms. The summed E-state index contributed by atoms with van der Waals surface area (Å²) >= 11 is 0. The number of aryl methyl sites for hydroxylation is 1. The van der Waals surface area contributed by atoms with Gasteiger partial charge in [-0.3, -0.25) is 4.79 Å². The maximum absolute atomic E-state index is 11.9. The van der Waals surface area contributed by atoms with Gasteiger partial charge in [0.1, 0.15) is 5.75 Å². The molecule has 3 nitrogen and oxygen atoms in total. The van der Waals surface area contributed by atoms with Crippen molar-refractivity contribution in [2.75, 3.05) is 13.1 Å². The first kappa shape index (κ1) is 16.9. The van der Waals surface area contributed by atoms with Gasteiger partial charge in [-0.1, -0.05) is 37.8 Å². The predicted molar refractivity (Wildman–Crippen MR) is 89.9 cm³/mol. The SMILES string of the molecule is O=C(CCCCCCCCc1ccc(O)cc1)N1CCCC1. The molecule has 1 saturated heterocycles. The summed E-state index contributed by atoms with van der Waals surface area (Å²) in [4.78, 5) is 13.9. The van der Waals surface area contributed by atoms with E-state index in [4.69, 9.17) is 0 Å². The van der Waals surface area contributed by atoms with E-state index in [0.717, 1.165) is 32.4 Å². The summed E-state index contributed by atoms with van der Waals surface area (Å²) in [6, 6.07) is 7.51. The molecule has 1 aromatic rings. The van der Waals surface area contributed by atoms with E-state index in [0.29, 0.717) is 11.7 Å². The van der Waals surface area contributed by atoms with Crippen molar-refractivity contribution in [3.05, 3.63) is 29.8 Å². The first-order valence-corrected chi connectivity index (χ1v) is 8.81. The second-order valence-corrected chi connectivity index (χ2v) is 6.38. The number of hydrogen-bond donors (Lipinski definition) is 1. The average Bonchev–Trinajstić information content (AvgIpc) is 3.06. The number of phenols is 1. The van der Waals surface area contributed by atoms with Crippen LogP contribution < -0.4 is 0 Å². The molecule has 1 N–H and O–H groups in total. The molecule has 1 aliphatic rings. The van der Waals surface area contributed by atoms with Crippen molar-refractivity contribution < 1.29 is 9.90 Å². The van der Waals surface area contributed by atoms with Gasteiger partial charge >= 0.3 is 0 Å². The number of phenolic OH excluding ortho intramolecular Hbond substituents is 1. The number of amides is 1. The van der Waals surface area contributed by atoms with Gasteiger partial charge in [0.15, 0.2) is 0 Å². The molecule has 1 fully saturated rings. The van der Waals surface area contributed by atoms with Gasteiger partial charge in [-0.05, 0) is 49.8 Å². The molecule has 1 amide bonds. The van der Waals surface area contributed by atoms with Crippen molar-refractivity contribution in [1.82, 2.24) is 4.90 Å². The second-order valence-electron chi connectivity index (χ2n) is 6.38. The van der Waals surface area contributed by atoms with Crippen LogP contribution in [0, 0.1) is 0 Å². The van der Waals surface area contributed by atoms with Crippen LogP contribution >= 0.6 is 0 Å². The van der Waals surface area contributed by atoms with E-state index in [1.807, 2.05) is 17.0 Å². The second kappa shape index (κ2) is 9.50. The fourth-order valence-electron chi connectivity index (χ4n) is 3.10. The molecule has 0 bridgehead atoms. The number of rotatable bonds is 9. The monoisotopic (exact) mass is 303 g/mol. The lowest BCUT2D eigenvalue weighted by Gasteiger charge is -2.14. The molecular weight excluding hydrogens is 274 g/mol. The highest BCUT2D eigenvalue weighted by Gasteiger charge is 2.16. The molecule has 0 atom stereocenters. The normalized spacial score (nSPS) is 14.5. The van der Waals surface area contributed by atoms with E-state index in [1.165, 1.54) is 50.5 Å². The standard InChI is InChI=1S/C19H29NO2/c21-18-13-11-17(12-14-18)9-5-3-1-2-4-6-10-19(22)20-15-7-8-16-20/h11-14,21H,1-10,15-16H2. The molecule has 0 aliphatic carbocycles. The number of likely N-dealkylation sites (tertiary alicyclic amines) is 1. The Morgan fingerprint density at radius 2 is 1.50 bits per heavy atom. The molecule has 0 saturated carbocycles. The summed E-state index contributed by atoms with van der Waals surface area (Å²) in [5, 5.41) is 9.23. The van der Waals surface area contributed by atoms with Crippen LogP contribution in [-0.2, 0) is 11.2 Å². The minimum absolute atomic E-state index is 0.340. The van der Waals surface area contributed by atoms with Gasteiger partial charge in [0.2, 0.25) is 5.91 Å². The van der Waals surface area contributed by atoms with Gasteiger partial charge in [-0.2, -0.15) is 0 Å². The van der Waals surface area contributed by atoms with Crippen LogP contribution in [0.5, 0.6) is 5.75 Å². The Bertz CT molecular complexity index is 435. The lowest BCUT2D eigenvalue weighted by atomic mass is 10.0. The highest BCUT2D eigenvalue weighted by molar-refractivity contribution is 5.76. The Labute approximate surface area is 134 Å². The van der Waals surface area contributed by atoms with Crippen molar-refractivity contribution in [2.45, 2.75) is 64.2 Å². The van der Waals surface area contributed by atoms with E-state index in [-0.39, 0.29) is 0 Å². The maximum Gasteiger partial charge on any atom is 0.222 e. The molecule has 0 aromatic heterocycles. The topological polar surface area (TPSA) is 40.5 Å². The molecule has 22 heavy (non-hydrogen) atoms. The van der Waals surface area contributed by atoms with Crippen LogP contribution in [0.3, 0.4) is 0 Å². The highest BCUT2D eigenvalue weighted by Crippen LogP contribution is 2.15. The van der Waals surface area contributed by atoms with E-state index in [9.17, 15) is 9.90 Å². The van der Waals surface area contributed by atoms with Crippen LogP contribution in [0.4, 0.5) is 0 Å². The molecular formula is C19H29NO2. The predicted octanol–water partition coefficient (Wildman–Crippen LogP) is 4.29. The lowest BCUT2D eigenvalue weighted by Crippen LogP contribution is -2.27. The van der Waals surface area contributed by atoms with E-state index in [2.05, 4.69) is 0 Å². The molecule has 122 valence electrons. The van der Waals surface area contributed by atoms with Crippen molar-refractivity contribution in [3.63, 3.8) is 0 Å². The summed E-state index contributed by atoms with van der Waals surface area (Å²) in [5.74, 6) is 0.706. The number of unbranched alkanes of at least 4 members (excludes halogenated alkanes) is 5. The summed E-state index contributed by atoms with van der Waals surface area (Å²) in [5.41, 5.74) is 1.30. The highest BCUT2D eigenvalue weighted by atomic mass is 16.3. The first-order chi connectivity index (χ1) is 10.8. The van der Waals surface area contributed by atoms with Gasteiger partial charge in [0.25, 0.3) is 0 Å². The Kier molecular flexibility index (Phi) is 7.27. The van der Waals surface area contributed by atoms with Gasteiger partial charge < -0.3 is 10.0 Å². The Balaban J connectivity index is 1.42. The fraction of sp³-hybridized carbons (Fsp3) is 0.632. The van der Waals surface area contributed by atoms with Crippen molar-refractivity contribution in [1.29, 1.82) is 0 Å². The van der Waals surface area contributed by atoms with Gasteiger partial charge in [-0.25, -0.2) is 0 Å². The van der Waals surface area contributed by atoms with Crippen LogP contribution in [0.1, 0.15) is 63.4 Å². The summed E-state index contributed by atoms with van der Waals surface area (Å²) in [6.45, 7) is 1.96. The Morgan fingerprint density at radius 3 is 2.18 bits per heavy atom. The molecule has 1 heterocycles. The quantitative estimate of drug-likeness (QED) is 0.691. The Hall–Kier alpha value is -1.51. The molecule has 2 rings (SSSR count). The minimum Gasteiger partial charge on any atom is -0.508 e. The number of carbonyl (C=O) groups excluding carboxylic acids is 1.